The molecule has 0 bridgehead atoms. The molecule has 17 heavy (non-hydrogen) atoms. The fourth-order valence-corrected chi connectivity index (χ4v) is 2.84. The Bertz CT molecular complexity index is 271. The molecule has 3 N–H and O–H groups in total. The summed E-state index contributed by atoms with van der Waals surface area (Å²) in [6.45, 7) is 2.39. The van der Waals surface area contributed by atoms with Gasteiger partial charge in [0.2, 0.25) is 5.91 Å². The summed E-state index contributed by atoms with van der Waals surface area (Å²) in [5, 5.41) is 2.86. The van der Waals surface area contributed by atoms with Crippen molar-refractivity contribution < 1.29 is 9.00 Å². The Hall–Kier alpha value is -0.420. The van der Waals surface area contributed by atoms with Crippen LogP contribution in [0.4, 0.5) is 0 Å². The van der Waals surface area contributed by atoms with E-state index >= 15 is 0 Å². The van der Waals surface area contributed by atoms with Crippen molar-refractivity contribution in [3.05, 3.63) is 0 Å². The molecule has 0 heterocycles. The summed E-state index contributed by atoms with van der Waals surface area (Å²) in [4.78, 5) is 11.9. The van der Waals surface area contributed by atoms with Crippen LogP contribution in [-0.4, -0.2) is 34.2 Å². The van der Waals surface area contributed by atoms with E-state index in [0.717, 1.165) is 25.7 Å². The van der Waals surface area contributed by atoms with Gasteiger partial charge in [0.1, 0.15) is 0 Å². The Morgan fingerprint density at radius 1 is 1.35 bits per heavy atom. The number of carbonyl (C=O) groups is 1. The molecule has 1 saturated carbocycles. The van der Waals surface area contributed by atoms with Crippen molar-refractivity contribution in [1.82, 2.24) is 5.32 Å². The Balaban J connectivity index is 2.32. The van der Waals surface area contributed by atoms with E-state index in [0.29, 0.717) is 18.1 Å². The van der Waals surface area contributed by atoms with Crippen molar-refractivity contribution in [2.24, 2.45) is 11.7 Å². The summed E-state index contributed by atoms with van der Waals surface area (Å²) in [5.74, 6) is 1.20. The van der Waals surface area contributed by atoms with Crippen LogP contribution in [0, 0.1) is 5.92 Å². The van der Waals surface area contributed by atoms with Crippen LogP contribution in [0.3, 0.4) is 0 Å². The normalized spacial score (nSPS) is 27.2. The van der Waals surface area contributed by atoms with Crippen molar-refractivity contribution >= 4 is 16.7 Å². The molecule has 0 aromatic rings. The van der Waals surface area contributed by atoms with E-state index in [9.17, 15) is 9.00 Å². The monoisotopic (exact) mass is 260 g/mol. The second-order valence-electron chi connectivity index (χ2n) is 4.63. The summed E-state index contributed by atoms with van der Waals surface area (Å²) in [6, 6.07) is -0.00540. The van der Waals surface area contributed by atoms with E-state index in [2.05, 4.69) is 5.32 Å². The summed E-state index contributed by atoms with van der Waals surface area (Å²) in [6.07, 6.45) is 5.23. The molecule has 0 spiro atoms. The molecule has 5 heteroatoms. The Morgan fingerprint density at radius 2 is 2.06 bits per heavy atom. The highest BCUT2D eigenvalue weighted by atomic mass is 32.2. The van der Waals surface area contributed by atoms with Gasteiger partial charge in [0.25, 0.3) is 0 Å². The molecule has 100 valence electrons. The second kappa shape index (κ2) is 7.82. The fraction of sp³-hybridized carbons (Fsp3) is 0.917. The predicted octanol–water partition coefficient (Wildman–Crippen LogP) is 0.779. The zero-order chi connectivity index (χ0) is 12.7. The highest BCUT2D eigenvalue weighted by Gasteiger charge is 2.26. The molecular weight excluding hydrogens is 236 g/mol. The SMILES string of the molecule is CCS(=O)CCNC(=O)C1CCCCCC1N. The van der Waals surface area contributed by atoms with Gasteiger partial charge in [-0.1, -0.05) is 26.2 Å². The first-order chi connectivity index (χ1) is 8.15. The number of rotatable bonds is 5. The summed E-state index contributed by atoms with van der Waals surface area (Å²) >= 11 is 0. The number of hydrogen-bond donors (Lipinski definition) is 2. The topological polar surface area (TPSA) is 72.2 Å². The van der Waals surface area contributed by atoms with Crippen LogP contribution in [-0.2, 0) is 15.6 Å². The minimum atomic E-state index is -0.806. The minimum absolute atomic E-state index is 0.00540. The van der Waals surface area contributed by atoms with Crippen molar-refractivity contribution in [2.45, 2.75) is 45.1 Å². The van der Waals surface area contributed by atoms with Gasteiger partial charge in [-0.25, -0.2) is 0 Å². The molecule has 3 unspecified atom stereocenters. The van der Waals surface area contributed by atoms with Crippen molar-refractivity contribution in [2.75, 3.05) is 18.1 Å². The first-order valence-electron chi connectivity index (χ1n) is 6.53. The van der Waals surface area contributed by atoms with Gasteiger partial charge in [0.15, 0.2) is 0 Å². The first-order valence-corrected chi connectivity index (χ1v) is 8.02. The van der Waals surface area contributed by atoms with E-state index in [1.54, 1.807) is 0 Å². The van der Waals surface area contributed by atoms with Gasteiger partial charge < -0.3 is 11.1 Å². The molecule has 0 saturated heterocycles. The lowest BCUT2D eigenvalue weighted by molar-refractivity contribution is -0.125. The Labute approximate surface area is 106 Å². The predicted molar refractivity (Wildman–Crippen MR) is 71.1 cm³/mol. The summed E-state index contributed by atoms with van der Waals surface area (Å²) in [5.41, 5.74) is 6.02. The van der Waals surface area contributed by atoms with E-state index in [1.807, 2.05) is 6.92 Å². The molecular formula is C12H24N2O2S. The van der Waals surface area contributed by atoms with Crippen LogP contribution < -0.4 is 11.1 Å². The van der Waals surface area contributed by atoms with Crippen LogP contribution >= 0.6 is 0 Å². The van der Waals surface area contributed by atoms with Crippen molar-refractivity contribution in [3.8, 4) is 0 Å². The summed E-state index contributed by atoms with van der Waals surface area (Å²) in [7, 11) is -0.806. The van der Waals surface area contributed by atoms with Gasteiger partial charge in [-0.15, -0.1) is 0 Å². The van der Waals surface area contributed by atoms with E-state index in [-0.39, 0.29) is 17.9 Å². The summed E-state index contributed by atoms with van der Waals surface area (Å²) < 4.78 is 11.2. The van der Waals surface area contributed by atoms with Crippen LogP contribution in [0.15, 0.2) is 0 Å². The average molecular weight is 260 g/mol. The number of nitrogens with two attached hydrogens (primary N) is 1. The second-order valence-corrected chi connectivity index (χ2v) is 6.50. The van der Waals surface area contributed by atoms with Gasteiger partial charge in [-0.2, -0.15) is 0 Å². The Kier molecular flexibility index (Phi) is 6.73. The van der Waals surface area contributed by atoms with Crippen LogP contribution in [0.25, 0.3) is 0 Å². The maximum absolute atomic E-state index is 11.9. The maximum Gasteiger partial charge on any atom is 0.224 e. The third-order valence-corrected chi connectivity index (χ3v) is 4.66. The molecule has 1 aliphatic carbocycles. The van der Waals surface area contributed by atoms with Crippen LogP contribution in [0.2, 0.25) is 0 Å². The zero-order valence-corrected chi connectivity index (χ0v) is 11.4. The molecule has 0 radical (unpaired) electrons. The quantitative estimate of drug-likeness (QED) is 0.718. The number of nitrogens with one attached hydrogen (secondary N) is 1. The standard InChI is InChI=1S/C12H24N2O2S/c1-2-17(16)9-8-14-12(15)10-6-4-3-5-7-11(10)13/h10-11H,2-9,13H2,1H3,(H,14,15). The third-order valence-electron chi connectivity index (χ3n) is 3.36. The van der Waals surface area contributed by atoms with E-state index < -0.39 is 10.8 Å². The smallest absolute Gasteiger partial charge is 0.224 e. The maximum atomic E-state index is 11.9. The van der Waals surface area contributed by atoms with Crippen LogP contribution in [0.5, 0.6) is 0 Å². The molecule has 1 rings (SSSR count). The molecule has 3 atom stereocenters. The van der Waals surface area contributed by atoms with Crippen LogP contribution in [0.1, 0.15) is 39.0 Å². The molecule has 0 aliphatic heterocycles. The van der Waals surface area contributed by atoms with Crippen molar-refractivity contribution in [3.63, 3.8) is 0 Å². The van der Waals surface area contributed by atoms with E-state index in [1.165, 1.54) is 6.42 Å². The highest BCUT2D eigenvalue weighted by molar-refractivity contribution is 7.84. The lowest BCUT2D eigenvalue weighted by Gasteiger charge is -2.20. The first kappa shape index (κ1) is 14.6. The largest absolute Gasteiger partial charge is 0.355 e. The molecule has 0 aromatic heterocycles. The van der Waals surface area contributed by atoms with Crippen molar-refractivity contribution in [1.29, 1.82) is 0 Å². The lowest BCUT2D eigenvalue weighted by Crippen LogP contribution is -2.42. The lowest BCUT2D eigenvalue weighted by atomic mass is 9.95. The fourth-order valence-electron chi connectivity index (χ4n) is 2.23. The molecule has 0 aromatic carbocycles. The molecule has 4 nitrogen and oxygen atoms in total. The van der Waals surface area contributed by atoms with Gasteiger partial charge in [-0.3, -0.25) is 9.00 Å². The average Bonchev–Trinajstić information content (AvgIpc) is 2.53. The molecule has 1 fully saturated rings. The third kappa shape index (κ3) is 5.17. The zero-order valence-electron chi connectivity index (χ0n) is 10.6. The van der Waals surface area contributed by atoms with Gasteiger partial charge >= 0.3 is 0 Å². The number of amides is 1. The number of carbonyl (C=O) groups excluding carboxylic acids is 1. The number of hydrogen-bond acceptors (Lipinski definition) is 3. The van der Waals surface area contributed by atoms with Gasteiger partial charge in [0, 0.05) is 34.9 Å². The van der Waals surface area contributed by atoms with E-state index in [4.69, 9.17) is 5.73 Å². The molecule has 1 amide bonds. The van der Waals surface area contributed by atoms with Gasteiger partial charge in [-0.05, 0) is 12.8 Å². The minimum Gasteiger partial charge on any atom is -0.355 e. The highest BCUT2D eigenvalue weighted by Crippen LogP contribution is 2.22. The van der Waals surface area contributed by atoms with Gasteiger partial charge in [0.05, 0.1) is 5.92 Å². The molecule has 1 aliphatic rings. The Morgan fingerprint density at radius 3 is 2.76 bits per heavy atom.